The molecule has 0 aliphatic rings. The van der Waals surface area contributed by atoms with Crippen molar-refractivity contribution in [1.82, 2.24) is 10.2 Å². The number of carbonyl (C=O) groups is 1. The number of nitrogens with zero attached hydrogens (tertiary/aromatic N) is 2. The fourth-order valence-corrected chi connectivity index (χ4v) is 3.60. The number of hydrogen-bond donors (Lipinski definition) is 1. The van der Waals surface area contributed by atoms with Crippen molar-refractivity contribution in [3.8, 4) is 10.6 Å². The van der Waals surface area contributed by atoms with E-state index in [1.165, 1.54) is 16.9 Å². The largest absolute Gasteiger partial charge is 0.300 e. The van der Waals surface area contributed by atoms with Crippen molar-refractivity contribution in [2.45, 2.75) is 26.2 Å². The van der Waals surface area contributed by atoms with Gasteiger partial charge in [-0.05, 0) is 22.9 Å². The van der Waals surface area contributed by atoms with Gasteiger partial charge in [-0.1, -0.05) is 55.5 Å². The molecule has 23 heavy (non-hydrogen) atoms. The van der Waals surface area contributed by atoms with Gasteiger partial charge >= 0.3 is 0 Å². The quantitative estimate of drug-likeness (QED) is 0.738. The molecule has 3 rings (SSSR count). The summed E-state index contributed by atoms with van der Waals surface area (Å²) in [5, 5.41) is 14.4. The number of carbonyl (C=O) groups excluding carboxylic acids is 1. The van der Waals surface area contributed by atoms with Crippen molar-refractivity contribution in [2.24, 2.45) is 0 Å². The molecule has 0 atom stereocenters. The first-order chi connectivity index (χ1) is 11.1. The van der Waals surface area contributed by atoms with Crippen LogP contribution in [0.15, 0.2) is 41.8 Å². The Kier molecular flexibility index (Phi) is 4.83. The minimum atomic E-state index is -0.0645. The summed E-state index contributed by atoms with van der Waals surface area (Å²) in [6.07, 6.45) is 0.371. The molecule has 0 aliphatic heterocycles. The number of anilines is 1. The average Bonchev–Trinajstić information content (AvgIpc) is 3.19. The normalized spacial score (nSPS) is 10.9. The molecule has 0 fully saturated rings. The summed E-state index contributed by atoms with van der Waals surface area (Å²) in [4.78, 5) is 13.0. The molecule has 0 aliphatic carbocycles. The van der Waals surface area contributed by atoms with Gasteiger partial charge in [0.25, 0.3) is 0 Å². The van der Waals surface area contributed by atoms with E-state index in [-0.39, 0.29) is 5.91 Å². The second-order valence-electron chi connectivity index (χ2n) is 5.49. The number of amides is 1. The van der Waals surface area contributed by atoms with E-state index in [0.29, 0.717) is 17.5 Å². The average molecular weight is 343 g/mol. The molecular formula is C17H17N3OS2. The summed E-state index contributed by atoms with van der Waals surface area (Å²) >= 11 is 2.96. The summed E-state index contributed by atoms with van der Waals surface area (Å²) in [5.41, 5.74) is 2.31. The monoisotopic (exact) mass is 343 g/mol. The number of thiophene rings is 1. The van der Waals surface area contributed by atoms with Crippen molar-refractivity contribution >= 4 is 33.7 Å². The predicted octanol–water partition coefficient (Wildman–Crippen LogP) is 4.57. The molecule has 0 saturated heterocycles. The molecule has 0 bridgehead atoms. The van der Waals surface area contributed by atoms with Gasteiger partial charge in [0, 0.05) is 10.4 Å². The van der Waals surface area contributed by atoms with E-state index in [9.17, 15) is 4.79 Å². The van der Waals surface area contributed by atoms with Crippen LogP contribution in [-0.4, -0.2) is 16.1 Å². The Hall–Kier alpha value is -2.05. The first-order valence-electron chi connectivity index (χ1n) is 7.38. The third-order valence-electron chi connectivity index (χ3n) is 3.41. The lowest BCUT2D eigenvalue weighted by Gasteiger charge is -2.04. The van der Waals surface area contributed by atoms with Gasteiger partial charge in [-0.2, -0.15) is 0 Å². The Morgan fingerprint density at radius 2 is 1.96 bits per heavy atom. The fraction of sp³-hybridized carbons (Fsp3) is 0.235. The van der Waals surface area contributed by atoms with Crippen LogP contribution in [0.5, 0.6) is 0 Å². The van der Waals surface area contributed by atoms with E-state index in [1.807, 2.05) is 29.6 Å². The summed E-state index contributed by atoms with van der Waals surface area (Å²) in [6, 6.07) is 12.2. The molecule has 1 aromatic carbocycles. The van der Waals surface area contributed by atoms with Gasteiger partial charge in [-0.15, -0.1) is 21.5 Å². The zero-order chi connectivity index (χ0) is 16.2. The Bertz CT molecular complexity index is 777. The van der Waals surface area contributed by atoms with E-state index in [1.54, 1.807) is 11.3 Å². The van der Waals surface area contributed by atoms with Gasteiger partial charge in [0.1, 0.15) is 5.01 Å². The number of benzene rings is 1. The summed E-state index contributed by atoms with van der Waals surface area (Å²) < 4.78 is 0. The molecular weight excluding hydrogens is 326 g/mol. The maximum absolute atomic E-state index is 12.0. The smallest absolute Gasteiger partial charge is 0.231 e. The summed E-state index contributed by atoms with van der Waals surface area (Å²) in [5.74, 6) is 0.441. The van der Waals surface area contributed by atoms with Crippen LogP contribution in [0.25, 0.3) is 10.6 Å². The van der Waals surface area contributed by atoms with Crippen LogP contribution in [0.3, 0.4) is 0 Å². The van der Waals surface area contributed by atoms with E-state index in [4.69, 9.17) is 0 Å². The third-order valence-corrected chi connectivity index (χ3v) is 5.17. The van der Waals surface area contributed by atoms with Gasteiger partial charge in [-0.3, -0.25) is 4.79 Å². The Morgan fingerprint density at radius 1 is 1.17 bits per heavy atom. The molecule has 0 spiro atoms. The highest BCUT2D eigenvalue weighted by molar-refractivity contribution is 7.18. The van der Waals surface area contributed by atoms with Crippen LogP contribution in [0.4, 0.5) is 5.13 Å². The molecule has 0 unspecified atom stereocenters. The zero-order valence-electron chi connectivity index (χ0n) is 12.9. The van der Waals surface area contributed by atoms with Crippen molar-refractivity contribution in [1.29, 1.82) is 0 Å². The van der Waals surface area contributed by atoms with Gasteiger partial charge in [0.15, 0.2) is 0 Å². The molecule has 0 radical (unpaired) electrons. The van der Waals surface area contributed by atoms with Gasteiger partial charge in [-0.25, -0.2) is 0 Å². The number of nitrogens with one attached hydrogen (secondary N) is 1. The maximum atomic E-state index is 12.0. The van der Waals surface area contributed by atoms with Gasteiger partial charge in [0.05, 0.1) is 6.42 Å². The van der Waals surface area contributed by atoms with Crippen LogP contribution in [0.2, 0.25) is 0 Å². The summed E-state index contributed by atoms with van der Waals surface area (Å²) in [6.45, 7) is 4.34. The fourth-order valence-electron chi connectivity index (χ4n) is 2.14. The topological polar surface area (TPSA) is 54.9 Å². The van der Waals surface area contributed by atoms with Gasteiger partial charge < -0.3 is 5.32 Å². The highest BCUT2D eigenvalue weighted by Gasteiger charge is 2.11. The molecule has 0 saturated carbocycles. The van der Waals surface area contributed by atoms with Crippen molar-refractivity contribution < 1.29 is 4.79 Å². The summed E-state index contributed by atoms with van der Waals surface area (Å²) in [7, 11) is 0. The molecule has 2 aromatic heterocycles. The van der Waals surface area contributed by atoms with Crippen molar-refractivity contribution in [2.75, 3.05) is 5.32 Å². The Morgan fingerprint density at radius 3 is 2.61 bits per heavy atom. The van der Waals surface area contributed by atoms with E-state index < -0.39 is 0 Å². The molecule has 1 amide bonds. The lowest BCUT2D eigenvalue weighted by atomic mass is 10.0. The van der Waals surface area contributed by atoms with Gasteiger partial charge in [0.2, 0.25) is 11.0 Å². The van der Waals surface area contributed by atoms with Crippen LogP contribution < -0.4 is 5.32 Å². The Labute approximate surface area is 143 Å². The molecule has 118 valence electrons. The molecule has 2 heterocycles. The second kappa shape index (κ2) is 7.02. The minimum Gasteiger partial charge on any atom is -0.300 e. The molecule has 6 heteroatoms. The van der Waals surface area contributed by atoms with Crippen molar-refractivity contribution in [3.05, 3.63) is 52.2 Å². The highest BCUT2D eigenvalue weighted by Crippen LogP contribution is 2.27. The predicted molar refractivity (Wildman–Crippen MR) is 96.1 cm³/mol. The lowest BCUT2D eigenvalue weighted by Crippen LogP contribution is -2.13. The maximum Gasteiger partial charge on any atom is 0.231 e. The Balaban J connectivity index is 1.66. The molecule has 4 nitrogen and oxygen atoms in total. The number of hydrogen-bond acceptors (Lipinski definition) is 5. The SMILES string of the molecule is CC(C)c1ccc(-c2nnc(NC(=O)Cc3cccs3)s2)cc1. The van der Waals surface area contributed by atoms with Crippen LogP contribution in [0.1, 0.15) is 30.2 Å². The van der Waals surface area contributed by atoms with E-state index >= 15 is 0 Å². The number of aromatic nitrogens is 2. The highest BCUT2D eigenvalue weighted by atomic mass is 32.1. The zero-order valence-corrected chi connectivity index (χ0v) is 14.6. The van der Waals surface area contributed by atoms with Crippen LogP contribution >= 0.6 is 22.7 Å². The minimum absolute atomic E-state index is 0.0645. The second-order valence-corrected chi connectivity index (χ2v) is 7.50. The van der Waals surface area contributed by atoms with E-state index in [0.717, 1.165) is 15.4 Å². The number of rotatable bonds is 5. The lowest BCUT2D eigenvalue weighted by molar-refractivity contribution is -0.115. The molecule has 1 N–H and O–H groups in total. The first kappa shape index (κ1) is 15.8. The van der Waals surface area contributed by atoms with Crippen LogP contribution in [-0.2, 0) is 11.2 Å². The van der Waals surface area contributed by atoms with E-state index in [2.05, 4.69) is 41.5 Å². The third kappa shape index (κ3) is 4.03. The van der Waals surface area contributed by atoms with Crippen LogP contribution in [0, 0.1) is 0 Å². The standard InChI is InChI=1S/C17H17N3OS2/c1-11(2)12-5-7-13(8-6-12)16-19-20-17(23-16)18-15(21)10-14-4-3-9-22-14/h3-9,11H,10H2,1-2H3,(H,18,20,21). The first-order valence-corrected chi connectivity index (χ1v) is 9.07. The van der Waals surface area contributed by atoms with Crippen molar-refractivity contribution in [3.63, 3.8) is 0 Å². The molecule has 3 aromatic rings.